The Morgan fingerprint density at radius 1 is 1.30 bits per heavy atom. The minimum Gasteiger partial charge on any atom is -0.303 e. The van der Waals surface area contributed by atoms with Crippen LogP contribution in [0.3, 0.4) is 0 Å². The Balaban J connectivity index is 2.08. The predicted octanol–water partition coefficient (Wildman–Crippen LogP) is 2.49. The third kappa shape index (κ3) is 4.53. The van der Waals surface area contributed by atoms with Crippen molar-refractivity contribution in [3.05, 3.63) is 18.2 Å². The molecule has 0 bridgehead atoms. The summed E-state index contributed by atoms with van der Waals surface area (Å²) < 4.78 is 31.6. The van der Waals surface area contributed by atoms with E-state index in [9.17, 15) is 13.2 Å². The van der Waals surface area contributed by atoms with Crippen molar-refractivity contribution < 1.29 is 17.8 Å². The number of aromatic nitrogens is 1. The van der Waals surface area contributed by atoms with Gasteiger partial charge in [-0.2, -0.15) is 4.57 Å². The second-order valence-corrected chi connectivity index (χ2v) is 9.03. The lowest BCUT2D eigenvalue weighted by Gasteiger charge is -2.06. The smallest absolute Gasteiger partial charge is 0.297 e. The molecule has 0 unspecified atom stereocenters. The van der Waals surface area contributed by atoms with Crippen molar-refractivity contribution in [2.45, 2.75) is 34.9 Å². The Morgan fingerprint density at radius 3 is 2.78 bits per heavy atom. The Hall–Kier alpha value is -0.960. The van der Waals surface area contributed by atoms with Gasteiger partial charge >= 0.3 is 0 Å². The highest BCUT2D eigenvalue weighted by atomic mass is 32.2. The van der Waals surface area contributed by atoms with Gasteiger partial charge in [0.05, 0.1) is 4.90 Å². The van der Waals surface area contributed by atoms with E-state index in [1.807, 2.05) is 23.9 Å². The highest BCUT2D eigenvalue weighted by molar-refractivity contribution is 8.00. The third-order valence-corrected chi connectivity index (χ3v) is 7.38. The van der Waals surface area contributed by atoms with E-state index in [-0.39, 0.29) is 0 Å². The van der Waals surface area contributed by atoms with Crippen molar-refractivity contribution in [3.8, 4) is 0 Å². The van der Waals surface area contributed by atoms with Crippen LogP contribution in [0.15, 0.2) is 27.4 Å². The lowest BCUT2D eigenvalue weighted by Crippen LogP contribution is -2.29. The van der Waals surface area contributed by atoms with Crippen LogP contribution in [0.25, 0.3) is 10.2 Å². The van der Waals surface area contributed by atoms with Gasteiger partial charge in [-0.3, -0.25) is 0 Å². The first-order valence-electron chi connectivity index (χ1n) is 7.39. The Bertz CT molecular complexity index is 785. The molecule has 0 atom stereocenters. The number of fused-ring (bicyclic) bond motifs is 1. The molecule has 23 heavy (non-hydrogen) atoms. The second-order valence-electron chi connectivity index (χ2n) is 5.17. The van der Waals surface area contributed by atoms with Gasteiger partial charge < -0.3 is 4.79 Å². The van der Waals surface area contributed by atoms with Gasteiger partial charge in [0.15, 0.2) is 0 Å². The summed E-state index contributed by atoms with van der Waals surface area (Å²) in [7, 11) is -1.55. The summed E-state index contributed by atoms with van der Waals surface area (Å²) in [5.41, 5.74) is 0.924. The number of carbonyl (C=O) groups is 1. The molecule has 0 saturated carbocycles. The number of thioether (sulfide) groups is 1. The number of unbranched alkanes of at least 4 members (excludes halogenated alkanes) is 3. The molecule has 1 heterocycles. The van der Waals surface area contributed by atoms with Gasteiger partial charge in [0, 0.05) is 19.0 Å². The van der Waals surface area contributed by atoms with Crippen LogP contribution in [-0.2, 0) is 21.9 Å². The summed E-state index contributed by atoms with van der Waals surface area (Å²) in [4.78, 5) is 10.5. The third-order valence-electron chi connectivity index (χ3n) is 3.54. The first kappa shape index (κ1) is 18.4. The van der Waals surface area contributed by atoms with E-state index in [4.69, 9.17) is 0 Å². The minimum absolute atomic E-state index is 0.291. The van der Waals surface area contributed by atoms with Crippen molar-refractivity contribution >= 4 is 49.6 Å². The maximum atomic E-state index is 12.4. The molecule has 1 N–H and O–H groups in total. The van der Waals surface area contributed by atoms with Gasteiger partial charge in [-0.25, -0.2) is 13.1 Å². The van der Waals surface area contributed by atoms with Gasteiger partial charge in [0.1, 0.15) is 18.0 Å². The van der Waals surface area contributed by atoms with Gasteiger partial charge in [0.2, 0.25) is 15.5 Å². The molecule has 5 nitrogen and oxygen atoms in total. The van der Waals surface area contributed by atoms with Gasteiger partial charge in [-0.15, -0.1) is 0 Å². The van der Waals surface area contributed by atoms with Crippen LogP contribution < -0.4 is 9.29 Å². The number of hydrogen-bond donors (Lipinski definition) is 1. The number of sulfonamides is 1. The van der Waals surface area contributed by atoms with Crippen molar-refractivity contribution in [2.75, 3.05) is 12.8 Å². The van der Waals surface area contributed by atoms with Crippen LogP contribution in [-0.4, -0.2) is 27.5 Å². The quantitative estimate of drug-likeness (QED) is 0.317. The summed E-state index contributed by atoms with van der Waals surface area (Å²) in [6.45, 7) is 0.394. The normalized spacial score (nSPS) is 11.9. The summed E-state index contributed by atoms with van der Waals surface area (Å²) in [6.07, 6.45) is 5.82. The zero-order chi connectivity index (χ0) is 16.9. The van der Waals surface area contributed by atoms with E-state index in [2.05, 4.69) is 4.72 Å². The molecule has 126 valence electrons. The number of nitrogens with zero attached hydrogens (tertiary/aromatic N) is 1. The average Bonchev–Trinajstić information content (AvgIpc) is 2.86. The molecule has 2 rings (SSSR count). The topological polar surface area (TPSA) is 67.1 Å². The van der Waals surface area contributed by atoms with Crippen LogP contribution in [0.5, 0.6) is 0 Å². The monoisotopic (exact) mass is 373 g/mol. The number of thiazole rings is 1. The summed E-state index contributed by atoms with van der Waals surface area (Å²) in [5, 5.41) is 0. The molecule has 0 aliphatic rings. The molecular formula is C15H21N2O3S3+. The lowest BCUT2D eigenvalue weighted by atomic mass is 10.2. The van der Waals surface area contributed by atoms with Crippen LogP contribution in [0.4, 0.5) is 0 Å². The number of carbonyl (C=O) groups excluding carboxylic acids is 1. The molecule has 0 aliphatic carbocycles. The first-order valence-corrected chi connectivity index (χ1v) is 10.9. The molecule has 0 aliphatic heterocycles. The van der Waals surface area contributed by atoms with Crippen LogP contribution in [0, 0.1) is 0 Å². The van der Waals surface area contributed by atoms with Crippen LogP contribution >= 0.6 is 23.1 Å². The van der Waals surface area contributed by atoms with Crippen molar-refractivity contribution in [3.63, 3.8) is 0 Å². The van der Waals surface area contributed by atoms with Crippen LogP contribution in [0.1, 0.15) is 25.7 Å². The van der Waals surface area contributed by atoms with Crippen molar-refractivity contribution in [1.29, 1.82) is 0 Å². The number of benzene rings is 1. The summed E-state index contributed by atoms with van der Waals surface area (Å²) in [5.74, 6) is 0. The summed E-state index contributed by atoms with van der Waals surface area (Å²) in [6, 6.07) is 5.23. The molecule has 8 heteroatoms. The van der Waals surface area contributed by atoms with Crippen LogP contribution in [0.2, 0.25) is 0 Å². The number of rotatable bonds is 9. The molecule has 1 aromatic carbocycles. The van der Waals surface area contributed by atoms with E-state index in [1.165, 1.54) is 0 Å². The van der Waals surface area contributed by atoms with E-state index in [0.29, 0.717) is 17.9 Å². The van der Waals surface area contributed by atoms with E-state index < -0.39 is 10.0 Å². The van der Waals surface area contributed by atoms with E-state index in [0.717, 1.165) is 40.1 Å². The first-order chi connectivity index (χ1) is 11.0. The molecular weight excluding hydrogens is 352 g/mol. The molecule has 1 aromatic heterocycles. The molecule has 0 spiro atoms. The minimum atomic E-state index is -3.49. The highest BCUT2D eigenvalue weighted by Crippen LogP contribution is 2.27. The maximum Gasteiger partial charge on any atom is 0.297 e. The van der Waals surface area contributed by atoms with Gasteiger partial charge in [0.25, 0.3) is 4.34 Å². The van der Waals surface area contributed by atoms with Crippen molar-refractivity contribution in [1.82, 2.24) is 4.72 Å². The fourth-order valence-corrected chi connectivity index (χ4v) is 5.20. The average molecular weight is 374 g/mol. The maximum absolute atomic E-state index is 12.4. The Kier molecular flexibility index (Phi) is 6.58. The molecule has 0 amide bonds. The van der Waals surface area contributed by atoms with E-state index in [1.54, 1.807) is 35.2 Å². The number of hydrogen-bond acceptors (Lipinski definition) is 5. The largest absolute Gasteiger partial charge is 0.303 e. The summed E-state index contributed by atoms with van der Waals surface area (Å²) >= 11 is 3.30. The lowest BCUT2D eigenvalue weighted by molar-refractivity contribution is -0.676. The Labute approximate surface area is 145 Å². The Morgan fingerprint density at radius 2 is 2.09 bits per heavy atom. The fourth-order valence-electron chi connectivity index (χ4n) is 2.27. The molecule has 0 saturated heterocycles. The SMILES string of the molecule is CSc1sc2ccc(S(=O)(=O)NCCCCCC=O)cc2[n+]1C. The zero-order valence-corrected chi connectivity index (χ0v) is 15.7. The molecule has 0 fully saturated rings. The zero-order valence-electron chi connectivity index (χ0n) is 13.2. The molecule has 2 aromatic rings. The second kappa shape index (κ2) is 8.23. The van der Waals surface area contributed by atoms with Gasteiger partial charge in [-0.05, 0) is 43.0 Å². The highest BCUT2D eigenvalue weighted by Gasteiger charge is 2.20. The number of aryl methyl sites for hydroxylation is 1. The predicted molar refractivity (Wildman–Crippen MR) is 94.5 cm³/mol. The number of aldehydes is 1. The van der Waals surface area contributed by atoms with Crippen molar-refractivity contribution in [2.24, 2.45) is 7.05 Å². The number of nitrogens with one attached hydrogen (secondary N) is 1. The fraction of sp³-hybridized carbons (Fsp3) is 0.467. The van der Waals surface area contributed by atoms with Gasteiger partial charge in [-0.1, -0.05) is 17.8 Å². The standard InChI is InChI=1S/C15H21N2O3S3/c1-17-13-11-12(7-8-14(13)22-15(17)21-2)23(19,20)16-9-5-3-4-6-10-18/h7-8,10-11,16H,3-6,9H2,1-2H3/q+1. The molecule has 0 radical (unpaired) electrons. The van der Waals surface area contributed by atoms with E-state index >= 15 is 0 Å².